The van der Waals surface area contributed by atoms with Gasteiger partial charge in [0, 0.05) is 29.2 Å². The molecular formula is C24H20BCl3F2N2O2. The van der Waals surface area contributed by atoms with Gasteiger partial charge in [-0.3, -0.25) is 0 Å². The van der Waals surface area contributed by atoms with E-state index >= 15 is 0 Å². The standard InChI is InChI=1S/C24H20BCl3F2N2O2/c1-3-33-25(2)14-9-8-13(16(26)11-14)10-20-31-18-12-17(27)21(22(28)23(18)32-20)15-6-4-5-7-19(15)34-24(29)30/h4-9,11-12,24H,3,10H2,1-2H3,(H,31,32). The fraction of sp³-hybridized carbons (Fsp3) is 0.208. The second-order valence-corrected chi connectivity index (χ2v) is 8.82. The Morgan fingerprint density at radius 2 is 1.82 bits per heavy atom. The van der Waals surface area contributed by atoms with Crippen LogP contribution in [0.2, 0.25) is 21.9 Å². The first-order valence-corrected chi connectivity index (χ1v) is 11.7. The summed E-state index contributed by atoms with van der Waals surface area (Å²) >= 11 is 19.7. The number of aromatic nitrogens is 2. The van der Waals surface area contributed by atoms with E-state index in [4.69, 9.17) is 39.5 Å². The molecule has 1 aromatic heterocycles. The van der Waals surface area contributed by atoms with Crippen molar-refractivity contribution < 1.29 is 18.2 Å². The summed E-state index contributed by atoms with van der Waals surface area (Å²) in [5.41, 5.74) is 3.69. The highest BCUT2D eigenvalue weighted by Gasteiger charge is 2.21. The Kier molecular flexibility index (Phi) is 7.68. The molecule has 0 amide bonds. The maximum Gasteiger partial charge on any atom is 0.387 e. The molecule has 0 unspecified atom stereocenters. The molecule has 0 spiro atoms. The molecule has 0 aliphatic carbocycles. The van der Waals surface area contributed by atoms with E-state index < -0.39 is 6.61 Å². The fourth-order valence-corrected chi connectivity index (χ4v) is 4.78. The first-order valence-electron chi connectivity index (χ1n) is 10.6. The summed E-state index contributed by atoms with van der Waals surface area (Å²) in [6.07, 6.45) is 0.436. The lowest BCUT2D eigenvalue weighted by molar-refractivity contribution is -0.0494. The molecule has 176 valence electrons. The SMILES string of the molecule is CCOB(C)c1ccc(Cc2nc3c(Cl)c(-c4ccccc4OC(F)F)c(Cl)cc3[nH]2)c(Cl)c1. The van der Waals surface area contributed by atoms with Gasteiger partial charge >= 0.3 is 13.5 Å². The number of rotatable bonds is 8. The van der Waals surface area contributed by atoms with E-state index in [9.17, 15) is 8.78 Å². The Bertz CT molecular complexity index is 1330. The third kappa shape index (κ3) is 5.18. The highest BCUT2D eigenvalue weighted by Crippen LogP contribution is 2.43. The summed E-state index contributed by atoms with van der Waals surface area (Å²) in [6, 6.07) is 13.8. The molecule has 0 saturated heterocycles. The molecule has 0 atom stereocenters. The number of ether oxygens (including phenoxy) is 1. The molecule has 0 aliphatic rings. The van der Waals surface area contributed by atoms with E-state index in [-0.39, 0.29) is 22.7 Å². The molecule has 3 aromatic carbocycles. The van der Waals surface area contributed by atoms with E-state index in [0.717, 1.165) is 11.0 Å². The lowest BCUT2D eigenvalue weighted by atomic mass is 9.63. The monoisotopic (exact) mass is 522 g/mol. The molecular weight excluding hydrogens is 503 g/mol. The van der Waals surface area contributed by atoms with Crippen LogP contribution in [0.3, 0.4) is 0 Å². The third-order valence-corrected chi connectivity index (χ3v) is 6.43. The Hall–Kier alpha value is -2.32. The number of halogens is 5. The van der Waals surface area contributed by atoms with Crippen LogP contribution in [0.1, 0.15) is 18.3 Å². The number of H-pyrrole nitrogens is 1. The predicted octanol–water partition coefficient (Wildman–Crippen LogP) is 7.25. The number of aromatic amines is 1. The van der Waals surface area contributed by atoms with Gasteiger partial charge in [-0.05, 0) is 36.1 Å². The van der Waals surface area contributed by atoms with Gasteiger partial charge in [0.1, 0.15) is 17.1 Å². The van der Waals surface area contributed by atoms with Crippen LogP contribution < -0.4 is 10.2 Å². The van der Waals surface area contributed by atoms with Crippen LogP contribution in [0.25, 0.3) is 22.2 Å². The van der Waals surface area contributed by atoms with Gasteiger partial charge in [0.25, 0.3) is 0 Å². The molecule has 10 heteroatoms. The zero-order valence-corrected chi connectivity index (χ0v) is 20.6. The molecule has 4 nitrogen and oxygen atoms in total. The van der Waals surface area contributed by atoms with E-state index in [0.29, 0.717) is 46.0 Å². The number of para-hydroxylation sites is 1. The minimum Gasteiger partial charge on any atom is -0.434 e. The second-order valence-electron chi connectivity index (χ2n) is 7.63. The van der Waals surface area contributed by atoms with Crippen molar-refractivity contribution in [3.05, 3.63) is 75.0 Å². The highest BCUT2D eigenvalue weighted by molar-refractivity contribution is 6.66. The number of imidazole rings is 1. The van der Waals surface area contributed by atoms with Crippen LogP contribution in [0.15, 0.2) is 48.5 Å². The Morgan fingerprint density at radius 1 is 1.06 bits per heavy atom. The van der Waals surface area contributed by atoms with Crippen LogP contribution in [-0.2, 0) is 11.1 Å². The van der Waals surface area contributed by atoms with Gasteiger partial charge < -0.3 is 14.4 Å². The Balaban J connectivity index is 1.70. The minimum atomic E-state index is -2.98. The summed E-state index contributed by atoms with van der Waals surface area (Å²) in [7, 11) is 0. The zero-order valence-electron chi connectivity index (χ0n) is 18.3. The van der Waals surface area contributed by atoms with Crippen molar-refractivity contribution in [2.75, 3.05) is 6.61 Å². The molecule has 4 aromatic rings. The van der Waals surface area contributed by atoms with E-state index in [1.807, 2.05) is 31.9 Å². The van der Waals surface area contributed by atoms with Gasteiger partial charge in [-0.2, -0.15) is 8.78 Å². The number of nitrogens with zero attached hydrogens (tertiary/aromatic N) is 1. The number of fused-ring (bicyclic) bond motifs is 1. The maximum atomic E-state index is 12.9. The summed E-state index contributed by atoms with van der Waals surface area (Å²) in [4.78, 5) is 7.86. The van der Waals surface area contributed by atoms with Crippen molar-refractivity contribution >= 4 is 58.2 Å². The van der Waals surface area contributed by atoms with E-state index in [1.54, 1.807) is 24.3 Å². The maximum absolute atomic E-state index is 12.9. The van der Waals surface area contributed by atoms with Gasteiger partial charge in [0.05, 0.1) is 15.6 Å². The van der Waals surface area contributed by atoms with Gasteiger partial charge in [0.2, 0.25) is 0 Å². The number of alkyl halides is 2. The normalized spacial score (nSPS) is 11.4. The number of nitrogens with one attached hydrogen (secondary N) is 1. The number of benzene rings is 3. The first-order chi connectivity index (χ1) is 16.3. The summed E-state index contributed by atoms with van der Waals surface area (Å²) in [6.45, 7) is 1.50. The van der Waals surface area contributed by atoms with E-state index in [2.05, 4.69) is 14.7 Å². The van der Waals surface area contributed by atoms with Crippen LogP contribution in [0, 0.1) is 0 Å². The van der Waals surface area contributed by atoms with Crippen molar-refractivity contribution in [1.82, 2.24) is 9.97 Å². The van der Waals surface area contributed by atoms with Crippen molar-refractivity contribution in [3.8, 4) is 16.9 Å². The molecule has 0 bridgehead atoms. The smallest absolute Gasteiger partial charge is 0.387 e. The molecule has 0 radical (unpaired) electrons. The van der Waals surface area contributed by atoms with Gasteiger partial charge in [-0.15, -0.1) is 0 Å². The van der Waals surface area contributed by atoms with Gasteiger partial charge in [0.15, 0.2) is 0 Å². The molecule has 34 heavy (non-hydrogen) atoms. The van der Waals surface area contributed by atoms with Crippen LogP contribution in [0.4, 0.5) is 8.78 Å². The lowest BCUT2D eigenvalue weighted by Gasteiger charge is -2.13. The fourth-order valence-electron chi connectivity index (χ4n) is 3.82. The average molecular weight is 524 g/mol. The van der Waals surface area contributed by atoms with E-state index in [1.165, 1.54) is 6.07 Å². The number of hydrogen-bond donors (Lipinski definition) is 1. The summed E-state index contributed by atoms with van der Waals surface area (Å²) in [5, 5.41) is 1.13. The quantitative estimate of drug-likeness (QED) is 0.248. The Morgan fingerprint density at radius 3 is 2.53 bits per heavy atom. The first kappa shape index (κ1) is 24.8. The zero-order chi connectivity index (χ0) is 24.4. The average Bonchev–Trinajstić information content (AvgIpc) is 3.18. The van der Waals surface area contributed by atoms with Crippen molar-refractivity contribution in [2.24, 2.45) is 0 Å². The topological polar surface area (TPSA) is 47.1 Å². The Labute approximate surface area is 211 Å². The predicted molar refractivity (Wildman–Crippen MR) is 135 cm³/mol. The molecule has 1 N–H and O–H groups in total. The molecule has 0 saturated carbocycles. The van der Waals surface area contributed by atoms with Crippen LogP contribution >= 0.6 is 34.8 Å². The highest BCUT2D eigenvalue weighted by atomic mass is 35.5. The lowest BCUT2D eigenvalue weighted by Crippen LogP contribution is -2.30. The van der Waals surface area contributed by atoms with Crippen LogP contribution in [-0.4, -0.2) is 30.1 Å². The van der Waals surface area contributed by atoms with Gasteiger partial charge in [-0.1, -0.05) is 72.0 Å². The molecule has 0 aliphatic heterocycles. The largest absolute Gasteiger partial charge is 0.434 e. The van der Waals surface area contributed by atoms with Crippen molar-refractivity contribution in [3.63, 3.8) is 0 Å². The van der Waals surface area contributed by atoms with Crippen molar-refractivity contribution in [2.45, 2.75) is 26.8 Å². The minimum absolute atomic E-state index is 0.0236. The number of hydrogen-bond acceptors (Lipinski definition) is 3. The molecule has 0 fully saturated rings. The van der Waals surface area contributed by atoms with Crippen molar-refractivity contribution in [1.29, 1.82) is 0 Å². The summed E-state index contributed by atoms with van der Waals surface area (Å²) in [5.74, 6) is 0.610. The second kappa shape index (κ2) is 10.5. The third-order valence-electron chi connectivity index (χ3n) is 5.41. The van der Waals surface area contributed by atoms with Crippen LogP contribution in [0.5, 0.6) is 5.75 Å². The molecule has 1 heterocycles. The van der Waals surface area contributed by atoms with Gasteiger partial charge in [-0.25, -0.2) is 4.98 Å². The summed E-state index contributed by atoms with van der Waals surface area (Å²) < 4.78 is 36.1. The molecule has 4 rings (SSSR count).